The normalized spacial score (nSPS) is 11.2. The first-order valence-corrected chi connectivity index (χ1v) is 7.03. The van der Waals surface area contributed by atoms with Crippen LogP contribution in [0.1, 0.15) is 21.5 Å². The Morgan fingerprint density at radius 1 is 1.12 bits per heavy atom. The van der Waals surface area contributed by atoms with Gasteiger partial charge in [0, 0.05) is 5.56 Å². The summed E-state index contributed by atoms with van der Waals surface area (Å²) in [5.41, 5.74) is 1.19. The molecule has 0 aliphatic heterocycles. The third-order valence-corrected chi connectivity index (χ3v) is 3.21. The number of hydrogen-bond acceptors (Lipinski definition) is 2. The maximum Gasteiger partial charge on any atom is 0.422 e. The lowest BCUT2D eigenvalue weighted by molar-refractivity contribution is -0.153. The molecule has 3 nitrogen and oxygen atoms in total. The van der Waals surface area contributed by atoms with Gasteiger partial charge in [-0.1, -0.05) is 12.1 Å². The minimum Gasteiger partial charge on any atom is -0.482 e. The van der Waals surface area contributed by atoms with Gasteiger partial charge in [-0.3, -0.25) is 4.79 Å². The number of alkyl halides is 3. The Morgan fingerprint density at radius 3 is 2.46 bits per heavy atom. The van der Waals surface area contributed by atoms with Crippen molar-refractivity contribution in [2.24, 2.45) is 0 Å². The smallest absolute Gasteiger partial charge is 0.422 e. The van der Waals surface area contributed by atoms with Crippen LogP contribution in [0.4, 0.5) is 23.2 Å². The number of benzene rings is 2. The summed E-state index contributed by atoms with van der Waals surface area (Å²) in [4.78, 5) is 12.2. The highest BCUT2D eigenvalue weighted by atomic mass is 19.4. The third-order valence-electron chi connectivity index (χ3n) is 3.21. The summed E-state index contributed by atoms with van der Waals surface area (Å²) >= 11 is 0. The molecule has 0 fully saturated rings. The van der Waals surface area contributed by atoms with E-state index in [1.807, 2.05) is 0 Å². The maximum absolute atomic E-state index is 13.5. The van der Waals surface area contributed by atoms with Gasteiger partial charge >= 0.3 is 6.18 Å². The van der Waals surface area contributed by atoms with E-state index in [0.29, 0.717) is 11.1 Å². The molecule has 0 radical (unpaired) electrons. The van der Waals surface area contributed by atoms with Gasteiger partial charge in [-0.25, -0.2) is 4.39 Å². The van der Waals surface area contributed by atoms with Gasteiger partial charge in [-0.15, -0.1) is 0 Å². The number of nitrogens with one attached hydrogen (secondary N) is 1. The van der Waals surface area contributed by atoms with E-state index in [0.717, 1.165) is 6.07 Å². The van der Waals surface area contributed by atoms with Crippen molar-refractivity contribution < 1.29 is 27.1 Å². The van der Waals surface area contributed by atoms with Crippen LogP contribution in [0, 0.1) is 19.7 Å². The van der Waals surface area contributed by atoms with Gasteiger partial charge in [0.1, 0.15) is 11.6 Å². The van der Waals surface area contributed by atoms with Crippen LogP contribution in [-0.2, 0) is 0 Å². The minimum absolute atomic E-state index is 0.0560. The number of carbonyl (C=O) groups excluding carboxylic acids is 1. The second kappa shape index (κ2) is 6.90. The molecule has 2 aromatic carbocycles. The number of hydrogen-bond donors (Lipinski definition) is 1. The predicted molar refractivity (Wildman–Crippen MR) is 81.8 cm³/mol. The average Bonchev–Trinajstić information content (AvgIpc) is 2.49. The monoisotopic (exact) mass is 341 g/mol. The van der Waals surface area contributed by atoms with Crippen LogP contribution in [0.2, 0.25) is 0 Å². The maximum atomic E-state index is 13.5. The van der Waals surface area contributed by atoms with Crippen LogP contribution in [0.25, 0.3) is 0 Å². The summed E-state index contributed by atoms with van der Waals surface area (Å²) in [5.74, 6) is -1.29. The SMILES string of the molecule is Cc1ccc(NC(=O)c2ccc(C)c(F)c2)c(OCC(F)(F)F)c1. The second-order valence-corrected chi connectivity index (χ2v) is 5.32. The standard InChI is InChI=1S/C17H15F4NO2/c1-10-3-6-14(15(7-10)24-9-17(19,20)21)22-16(23)12-5-4-11(2)13(18)8-12/h3-8H,9H2,1-2H3,(H,22,23). The van der Waals surface area contributed by atoms with Crippen LogP contribution in [0.15, 0.2) is 36.4 Å². The number of anilines is 1. The van der Waals surface area contributed by atoms with Gasteiger partial charge < -0.3 is 10.1 Å². The highest BCUT2D eigenvalue weighted by Gasteiger charge is 2.29. The van der Waals surface area contributed by atoms with Crippen LogP contribution in [0.5, 0.6) is 5.75 Å². The highest BCUT2D eigenvalue weighted by molar-refractivity contribution is 6.05. The van der Waals surface area contributed by atoms with Gasteiger partial charge in [-0.2, -0.15) is 13.2 Å². The van der Waals surface area contributed by atoms with Gasteiger partial charge in [0.25, 0.3) is 5.91 Å². The summed E-state index contributed by atoms with van der Waals surface area (Å²) in [6, 6.07) is 8.38. The summed E-state index contributed by atoms with van der Waals surface area (Å²) in [5, 5.41) is 2.44. The van der Waals surface area contributed by atoms with Crippen molar-refractivity contribution in [3.63, 3.8) is 0 Å². The molecule has 7 heteroatoms. The molecule has 0 saturated heterocycles. The zero-order valence-corrected chi connectivity index (χ0v) is 13.0. The Labute approximate surface area is 136 Å². The van der Waals surface area contributed by atoms with Crippen LogP contribution in [-0.4, -0.2) is 18.7 Å². The molecule has 128 valence electrons. The topological polar surface area (TPSA) is 38.3 Å². The van der Waals surface area contributed by atoms with E-state index in [2.05, 4.69) is 5.32 Å². The van der Waals surface area contributed by atoms with E-state index in [1.165, 1.54) is 24.3 Å². The van der Waals surface area contributed by atoms with E-state index in [9.17, 15) is 22.4 Å². The lowest BCUT2D eigenvalue weighted by Crippen LogP contribution is -2.20. The molecular formula is C17H15F4NO2. The fourth-order valence-electron chi connectivity index (χ4n) is 1.94. The first-order chi connectivity index (χ1) is 11.2. The van der Waals surface area contributed by atoms with Crippen LogP contribution < -0.4 is 10.1 Å². The molecule has 2 rings (SSSR count). The Morgan fingerprint density at radius 2 is 1.83 bits per heavy atom. The number of carbonyl (C=O) groups is 1. The quantitative estimate of drug-likeness (QED) is 0.823. The van der Waals surface area contributed by atoms with Crippen LogP contribution in [0.3, 0.4) is 0 Å². The van der Waals surface area contributed by atoms with Gasteiger partial charge in [0.2, 0.25) is 0 Å². The highest BCUT2D eigenvalue weighted by Crippen LogP contribution is 2.28. The Balaban J connectivity index is 2.21. The van der Waals surface area contributed by atoms with Crippen LogP contribution >= 0.6 is 0 Å². The zero-order chi connectivity index (χ0) is 17.9. The van der Waals surface area contributed by atoms with Gasteiger partial charge in [-0.05, 0) is 49.2 Å². The molecule has 2 aromatic rings. The summed E-state index contributed by atoms with van der Waals surface area (Å²) in [6.45, 7) is 1.76. The van der Waals surface area contributed by atoms with Crippen molar-refractivity contribution in [2.75, 3.05) is 11.9 Å². The number of amides is 1. The largest absolute Gasteiger partial charge is 0.482 e. The molecule has 0 unspecified atom stereocenters. The van der Waals surface area contributed by atoms with E-state index < -0.39 is 24.5 Å². The van der Waals surface area contributed by atoms with Crippen molar-refractivity contribution >= 4 is 11.6 Å². The molecule has 0 atom stereocenters. The second-order valence-electron chi connectivity index (χ2n) is 5.32. The number of halogens is 4. The lowest BCUT2D eigenvalue weighted by Gasteiger charge is -2.15. The molecule has 0 aliphatic carbocycles. The molecule has 1 N–H and O–H groups in total. The van der Waals surface area contributed by atoms with Crippen molar-refractivity contribution in [1.29, 1.82) is 0 Å². The molecule has 0 heterocycles. The van der Waals surface area contributed by atoms with Crippen molar-refractivity contribution in [2.45, 2.75) is 20.0 Å². The fraction of sp³-hybridized carbons (Fsp3) is 0.235. The van der Waals surface area contributed by atoms with Gasteiger partial charge in [0.05, 0.1) is 5.69 Å². The Hall–Kier alpha value is -2.57. The van der Waals surface area contributed by atoms with E-state index in [-0.39, 0.29) is 17.0 Å². The summed E-state index contributed by atoms with van der Waals surface area (Å²) in [7, 11) is 0. The summed E-state index contributed by atoms with van der Waals surface area (Å²) in [6.07, 6.45) is -4.49. The first kappa shape index (κ1) is 17.8. The number of aryl methyl sites for hydroxylation is 2. The average molecular weight is 341 g/mol. The van der Waals surface area contributed by atoms with Gasteiger partial charge in [0.15, 0.2) is 6.61 Å². The van der Waals surface area contributed by atoms with E-state index in [4.69, 9.17) is 4.74 Å². The first-order valence-electron chi connectivity index (χ1n) is 7.03. The molecule has 0 bridgehead atoms. The van der Waals surface area contributed by atoms with Crippen molar-refractivity contribution in [3.8, 4) is 5.75 Å². The zero-order valence-electron chi connectivity index (χ0n) is 13.0. The molecular weight excluding hydrogens is 326 g/mol. The minimum atomic E-state index is -4.49. The van der Waals surface area contributed by atoms with Crippen molar-refractivity contribution in [1.82, 2.24) is 0 Å². The third kappa shape index (κ3) is 4.71. The number of ether oxygens (including phenoxy) is 1. The Kier molecular flexibility index (Phi) is 5.11. The lowest BCUT2D eigenvalue weighted by atomic mass is 10.1. The van der Waals surface area contributed by atoms with Crippen molar-refractivity contribution in [3.05, 3.63) is 58.9 Å². The predicted octanol–water partition coefficient (Wildman–Crippen LogP) is 4.64. The molecule has 0 saturated carbocycles. The molecule has 1 amide bonds. The fourth-order valence-corrected chi connectivity index (χ4v) is 1.94. The number of rotatable bonds is 4. The summed E-state index contributed by atoms with van der Waals surface area (Å²) < 4.78 is 55.3. The molecule has 0 aromatic heterocycles. The van der Waals surface area contributed by atoms with E-state index in [1.54, 1.807) is 19.9 Å². The molecule has 0 aliphatic rings. The molecule has 24 heavy (non-hydrogen) atoms. The van der Waals surface area contributed by atoms with E-state index >= 15 is 0 Å². The Bertz CT molecular complexity index is 757. The molecule has 0 spiro atoms.